The first-order chi connectivity index (χ1) is 16.6. The Morgan fingerprint density at radius 1 is 1.08 bits per heavy atom. The lowest BCUT2D eigenvalue weighted by molar-refractivity contribution is -0.137. The van der Waals surface area contributed by atoms with Gasteiger partial charge in [0.25, 0.3) is 11.8 Å². The Morgan fingerprint density at radius 2 is 1.78 bits per heavy atom. The smallest absolute Gasteiger partial charge is 0.384 e. The van der Waals surface area contributed by atoms with Gasteiger partial charge in [0.15, 0.2) is 0 Å². The summed E-state index contributed by atoms with van der Waals surface area (Å²) in [6.45, 7) is 2.73. The highest BCUT2D eigenvalue weighted by Gasteiger charge is 2.38. The highest BCUT2D eigenvalue weighted by atomic mass is 35.5. The van der Waals surface area contributed by atoms with E-state index in [1.807, 2.05) is 0 Å². The summed E-state index contributed by atoms with van der Waals surface area (Å²) in [5.41, 5.74) is -3.82. The van der Waals surface area contributed by atoms with Crippen molar-refractivity contribution in [2.24, 2.45) is 0 Å². The fourth-order valence-electron chi connectivity index (χ4n) is 3.76. The minimum Gasteiger partial charge on any atom is -0.384 e. The summed E-state index contributed by atoms with van der Waals surface area (Å²) in [4.78, 5) is 29.9. The van der Waals surface area contributed by atoms with Crippen LogP contribution < -0.4 is 10.6 Å². The zero-order valence-electron chi connectivity index (χ0n) is 18.6. The highest BCUT2D eigenvalue weighted by Crippen LogP contribution is 2.40. The third-order valence-electron chi connectivity index (χ3n) is 5.47. The van der Waals surface area contributed by atoms with Gasteiger partial charge in [0, 0.05) is 21.7 Å². The first kappa shape index (κ1) is 25.5. The van der Waals surface area contributed by atoms with Crippen LogP contribution in [-0.2, 0) is 11.8 Å². The zero-order chi connectivity index (χ0) is 26.6. The molecule has 1 atom stereocenters. The topological polar surface area (TPSA) is 91.3 Å². The molecular weight excluding hydrogens is 509 g/mol. The minimum absolute atomic E-state index is 0.0429. The molecule has 4 rings (SSSR count). The Bertz CT molecular complexity index is 1400. The number of carbonyl (C=O) groups is 2. The number of halogens is 6. The lowest BCUT2D eigenvalue weighted by atomic mass is 9.95. The SMILES string of the molecule is CC(C)(O)c1cc(NC(=O)c2cc(F)cc(C(F)(F)F)c2)c2c(n1)C(=O)N[C@H]2c1cc(F)ccc1Cl. The standard InChI is InChI=1S/C24H17ClF5N3O3/c1-23(2,36)17-9-16(31-21(34)10-5-11(24(28,29)30)7-13(27)6-10)18-19(33-22(35)20(18)32-17)14-8-12(26)3-4-15(14)25/h3-9,19,36H,1-2H3,(H,33,35)(H,31,32,34)/t19-/m0/s1. The fourth-order valence-corrected chi connectivity index (χ4v) is 3.98. The second kappa shape index (κ2) is 8.82. The van der Waals surface area contributed by atoms with Crippen LogP contribution in [-0.4, -0.2) is 21.9 Å². The molecule has 0 radical (unpaired) electrons. The average Bonchev–Trinajstić information content (AvgIpc) is 3.10. The van der Waals surface area contributed by atoms with Crippen molar-refractivity contribution in [1.82, 2.24) is 10.3 Å². The number of hydrogen-bond acceptors (Lipinski definition) is 4. The number of aliphatic hydroxyl groups is 1. The van der Waals surface area contributed by atoms with Gasteiger partial charge >= 0.3 is 6.18 Å². The maximum absolute atomic E-state index is 14.0. The number of benzene rings is 2. The predicted octanol–water partition coefficient (Wildman–Crippen LogP) is 5.34. The Kier molecular flexibility index (Phi) is 6.26. The van der Waals surface area contributed by atoms with Gasteiger partial charge in [-0.05, 0) is 56.3 Å². The van der Waals surface area contributed by atoms with Gasteiger partial charge in [-0.1, -0.05) is 11.6 Å². The number of aromatic nitrogens is 1. The van der Waals surface area contributed by atoms with E-state index >= 15 is 0 Å². The summed E-state index contributed by atoms with van der Waals surface area (Å²) >= 11 is 6.21. The van der Waals surface area contributed by atoms with Crippen LogP contribution in [0, 0.1) is 11.6 Å². The number of rotatable bonds is 4. The predicted molar refractivity (Wildman–Crippen MR) is 120 cm³/mol. The van der Waals surface area contributed by atoms with Crippen LogP contribution in [0.25, 0.3) is 0 Å². The van der Waals surface area contributed by atoms with E-state index in [-0.39, 0.29) is 39.3 Å². The number of carbonyl (C=O) groups excluding carboxylic acids is 2. The normalized spacial score (nSPS) is 15.5. The Balaban J connectivity index is 1.86. The number of pyridine rings is 1. The summed E-state index contributed by atoms with van der Waals surface area (Å²) < 4.78 is 67.3. The molecule has 0 aliphatic carbocycles. The molecule has 0 spiro atoms. The van der Waals surface area contributed by atoms with Crippen molar-refractivity contribution in [2.45, 2.75) is 31.7 Å². The molecule has 2 amide bonds. The molecule has 0 unspecified atom stereocenters. The molecule has 188 valence electrons. The van der Waals surface area contributed by atoms with Gasteiger partial charge in [-0.3, -0.25) is 9.59 Å². The van der Waals surface area contributed by atoms with Gasteiger partial charge in [0.1, 0.15) is 22.9 Å². The van der Waals surface area contributed by atoms with E-state index in [0.717, 1.165) is 12.1 Å². The summed E-state index contributed by atoms with van der Waals surface area (Å²) in [6.07, 6.45) is -4.90. The lowest BCUT2D eigenvalue weighted by Crippen LogP contribution is -2.22. The average molecular weight is 526 g/mol. The number of anilines is 1. The molecule has 1 aromatic heterocycles. The molecule has 6 nitrogen and oxygen atoms in total. The lowest BCUT2D eigenvalue weighted by Gasteiger charge is -2.22. The van der Waals surface area contributed by atoms with E-state index in [0.29, 0.717) is 12.1 Å². The van der Waals surface area contributed by atoms with E-state index in [4.69, 9.17) is 11.6 Å². The summed E-state index contributed by atoms with van der Waals surface area (Å²) in [5, 5.41) is 15.5. The quantitative estimate of drug-likeness (QED) is 0.401. The first-order valence-corrected chi connectivity index (χ1v) is 10.8. The Hall–Kier alpha value is -3.57. The van der Waals surface area contributed by atoms with Gasteiger partial charge in [0.2, 0.25) is 0 Å². The molecule has 0 fully saturated rings. The molecule has 3 aromatic rings. The van der Waals surface area contributed by atoms with Gasteiger partial charge in [-0.2, -0.15) is 13.2 Å². The van der Waals surface area contributed by atoms with Crippen LogP contribution in [0.5, 0.6) is 0 Å². The largest absolute Gasteiger partial charge is 0.416 e. The number of hydrogen-bond donors (Lipinski definition) is 3. The van der Waals surface area contributed by atoms with E-state index in [1.54, 1.807) is 0 Å². The summed E-state index contributed by atoms with van der Waals surface area (Å²) in [7, 11) is 0. The van der Waals surface area contributed by atoms with Crippen molar-refractivity contribution in [1.29, 1.82) is 0 Å². The monoisotopic (exact) mass is 525 g/mol. The van der Waals surface area contributed by atoms with Crippen molar-refractivity contribution in [2.75, 3.05) is 5.32 Å². The van der Waals surface area contributed by atoms with Crippen molar-refractivity contribution >= 4 is 29.1 Å². The van der Waals surface area contributed by atoms with Crippen LogP contribution in [0.2, 0.25) is 5.02 Å². The van der Waals surface area contributed by atoms with Crippen molar-refractivity contribution in [3.63, 3.8) is 0 Å². The second-order valence-corrected chi connectivity index (χ2v) is 9.04. The Labute approximate surface area is 206 Å². The molecule has 12 heteroatoms. The highest BCUT2D eigenvalue weighted by molar-refractivity contribution is 6.31. The fraction of sp³-hybridized carbons (Fsp3) is 0.208. The molecule has 0 bridgehead atoms. The van der Waals surface area contributed by atoms with Gasteiger partial charge in [-0.25, -0.2) is 13.8 Å². The van der Waals surface area contributed by atoms with E-state index in [2.05, 4.69) is 15.6 Å². The van der Waals surface area contributed by atoms with Crippen molar-refractivity contribution < 1.29 is 36.6 Å². The molecule has 1 aliphatic rings. The van der Waals surface area contributed by atoms with Crippen LogP contribution in [0.3, 0.4) is 0 Å². The molecule has 36 heavy (non-hydrogen) atoms. The van der Waals surface area contributed by atoms with E-state index < -0.39 is 52.4 Å². The van der Waals surface area contributed by atoms with Crippen LogP contribution in [0.15, 0.2) is 42.5 Å². The number of nitrogens with zero attached hydrogens (tertiary/aromatic N) is 1. The van der Waals surface area contributed by atoms with Gasteiger partial charge in [0.05, 0.1) is 23.0 Å². The molecule has 2 heterocycles. The number of nitrogens with one attached hydrogen (secondary N) is 2. The number of alkyl halides is 3. The van der Waals surface area contributed by atoms with Gasteiger partial charge < -0.3 is 15.7 Å². The van der Waals surface area contributed by atoms with Gasteiger partial charge in [-0.15, -0.1) is 0 Å². The second-order valence-electron chi connectivity index (χ2n) is 8.63. The third-order valence-corrected chi connectivity index (χ3v) is 5.81. The molecule has 3 N–H and O–H groups in total. The minimum atomic E-state index is -4.90. The maximum Gasteiger partial charge on any atom is 0.416 e. The number of amides is 2. The maximum atomic E-state index is 14.0. The Morgan fingerprint density at radius 3 is 2.42 bits per heavy atom. The number of fused-ring (bicyclic) bond motifs is 1. The van der Waals surface area contributed by atoms with Crippen LogP contribution in [0.1, 0.15) is 63.1 Å². The van der Waals surface area contributed by atoms with Crippen molar-refractivity contribution in [3.05, 3.63) is 92.8 Å². The molecule has 0 saturated carbocycles. The van der Waals surface area contributed by atoms with Crippen LogP contribution in [0.4, 0.5) is 27.6 Å². The molecule has 0 saturated heterocycles. The van der Waals surface area contributed by atoms with E-state index in [1.165, 1.54) is 26.0 Å². The molecule has 1 aliphatic heterocycles. The summed E-state index contributed by atoms with van der Waals surface area (Å²) in [6, 6.07) is 4.91. The molecule has 2 aromatic carbocycles. The van der Waals surface area contributed by atoms with Crippen LogP contribution >= 0.6 is 11.6 Å². The first-order valence-electron chi connectivity index (χ1n) is 10.4. The zero-order valence-corrected chi connectivity index (χ0v) is 19.4. The van der Waals surface area contributed by atoms with Crippen molar-refractivity contribution in [3.8, 4) is 0 Å². The summed E-state index contributed by atoms with van der Waals surface area (Å²) in [5.74, 6) is -3.79. The van der Waals surface area contributed by atoms with E-state index in [9.17, 15) is 36.6 Å². The molecular formula is C24H17ClF5N3O3. The third kappa shape index (κ3) is 4.89.